The lowest BCUT2D eigenvalue weighted by molar-refractivity contribution is 0.326. The van der Waals surface area contributed by atoms with E-state index in [4.69, 9.17) is 4.74 Å². The maximum atomic E-state index is 5.36. The van der Waals surface area contributed by atoms with Gasteiger partial charge in [-0.25, -0.2) is 9.97 Å². The second kappa shape index (κ2) is 7.18. The molecule has 0 bridgehead atoms. The van der Waals surface area contributed by atoms with Crippen LogP contribution in [-0.4, -0.2) is 31.2 Å². The summed E-state index contributed by atoms with van der Waals surface area (Å²) in [5.74, 6) is 2.09. The van der Waals surface area contributed by atoms with Gasteiger partial charge in [0.1, 0.15) is 0 Å². The number of benzene rings is 1. The molecule has 3 heterocycles. The predicted molar refractivity (Wildman–Crippen MR) is 99.0 cm³/mol. The number of anilines is 1. The summed E-state index contributed by atoms with van der Waals surface area (Å²) in [7, 11) is 0. The molecule has 0 spiro atoms. The molecule has 0 saturated heterocycles. The number of nitrogens with zero attached hydrogens (tertiary/aromatic N) is 5. The van der Waals surface area contributed by atoms with Gasteiger partial charge in [-0.15, -0.1) is 10.2 Å². The van der Waals surface area contributed by atoms with E-state index in [0.29, 0.717) is 30.5 Å². The van der Waals surface area contributed by atoms with E-state index >= 15 is 0 Å². The van der Waals surface area contributed by atoms with Crippen molar-refractivity contribution in [2.75, 3.05) is 11.9 Å². The average Bonchev–Trinajstić information content (AvgIpc) is 3.13. The Kier molecular flexibility index (Phi) is 4.42. The Labute approximate surface area is 150 Å². The maximum absolute atomic E-state index is 5.36. The second-order valence-corrected chi connectivity index (χ2v) is 5.65. The third kappa shape index (κ3) is 3.19. The largest absolute Gasteiger partial charge is 0.478 e. The SMILES string of the molecule is CCOc1ccc(CNc2nccn3c(-c4ccccc4)nnc23)cn1. The molecular weight excluding hydrogens is 328 g/mol. The molecule has 26 heavy (non-hydrogen) atoms. The fraction of sp³-hybridized carbons (Fsp3) is 0.158. The third-order valence-corrected chi connectivity index (χ3v) is 3.91. The first kappa shape index (κ1) is 16.0. The molecule has 4 aromatic rings. The summed E-state index contributed by atoms with van der Waals surface area (Å²) in [6.07, 6.45) is 5.39. The molecular formula is C19H18N6O. The van der Waals surface area contributed by atoms with Crippen molar-refractivity contribution in [3.05, 3.63) is 66.6 Å². The van der Waals surface area contributed by atoms with Crippen molar-refractivity contribution in [3.8, 4) is 17.3 Å². The van der Waals surface area contributed by atoms with Crippen LogP contribution in [0.4, 0.5) is 5.82 Å². The van der Waals surface area contributed by atoms with Gasteiger partial charge in [0.25, 0.3) is 0 Å². The standard InChI is InChI=1S/C19H18N6O/c1-2-26-16-9-8-14(12-21-16)13-22-17-19-24-23-18(25(19)11-10-20-17)15-6-4-3-5-7-15/h3-12H,2,13H2,1H3,(H,20,22). The minimum atomic E-state index is 0.583. The molecule has 0 aliphatic heterocycles. The van der Waals surface area contributed by atoms with E-state index in [1.807, 2.05) is 60.0 Å². The lowest BCUT2D eigenvalue weighted by Crippen LogP contribution is -2.04. The molecule has 0 aliphatic carbocycles. The van der Waals surface area contributed by atoms with Gasteiger partial charge in [-0.1, -0.05) is 36.4 Å². The zero-order chi connectivity index (χ0) is 17.8. The van der Waals surface area contributed by atoms with Crippen LogP contribution in [0.1, 0.15) is 12.5 Å². The van der Waals surface area contributed by atoms with Gasteiger partial charge in [-0.2, -0.15) is 0 Å². The zero-order valence-electron chi connectivity index (χ0n) is 14.3. The molecule has 0 aliphatic rings. The van der Waals surface area contributed by atoms with Crippen LogP contribution in [0.15, 0.2) is 61.1 Å². The smallest absolute Gasteiger partial charge is 0.213 e. The van der Waals surface area contributed by atoms with E-state index in [1.54, 1.807) is 12.4 Å². The van der Waals surface area contributed by atoms with Crippen LogP contribution >= 0.6 is 0 Å². The summed E-state index contributed by atoms with van der Waals surface area (Å²) in [6, 6.07) is 13.8. The van der Waals surface area contributed by atoms with Crippen molar-refractivity contribution in [1.82, 2.24) is 24.6 Å². The Balaban J connectivity index is 1.56. The van der Waals surface area contributed by atoms with E-state index in [2.05, 4.69) is 25.5 Å². The molecule has 0 atom stereocenters. The van der Waals surface area contributed by atoms with Gasteiger partial charge in [0.05, 0.1) is 6.61 Å². The lowest BCUT2D eigenvalue weighted by Gasteiger charge is -2.07. The topological polar surface area (TPSA) is 77.2 Å². The molecule has 0 fully saturated rings. The summed E-state index contributed by atoms with van der Waals surface area (Å²) in [6.45, 7) is 3.12. The fourth-order valence-electron chi connectivity index (χ4n) is 2.67. The van der Waals surface area contributed by atoms with Gasteiger partial charge in [0.2, 0.25) is 11.5 Å². The number of hydrogen-bond donors (Lipinski definition) is 1. The van der Waals surface area contributed by atoms with E-state index in [-0.39, 0.29) is 0 Å². The molecule has 0 radical (unpaired) electrons. The van der Waals surface area contributed by atoms with Gasteiger partial charge in [0.15, 0.2) is 11.6 Å². The molecule has 7 heteroatoms. The quantitative estimate of drug-likeness (QED) is 0.578. The minimum Gasteiger partial charge on any atom is -0.478 e. The Morgan fingerprint density at radius 1 is 1.04 bits per heavy atom. The Morgan fingerprint density at radius 3 is 2.69 bits per heavy atom. The van der Waals surface area contributed by atoms with Crippen LogP contribution in [0.5, 0.6) is 5.88 Å². The summed E-state index contributed by atoms with van der Waals surface area (Å²) in [4.78, 5) is 8.67. The van der Waals surface area contributed by atoms with Crippen LogP contribution in [-0.2, 0) is 6.54 Å². The van der Waals surface area contributed by atoms with E-state index < -0.39 is 0 Å². The van der Waals surface area contributed by atoms with Crippen molar-refractivity contribution < 1.29 is 4.74 Å². The van der Waals surface area contributed by atoms with E-state index in [9.17, 15) is 0 Å². The number of ether oxygens (including phenoxy) is 1. The number of nitrogens with one attached hydrogen (secondary N) is 1. The number of fused-ring (bicyclic) bond motifs is 1. The Hall–Kier alpha value is -3.48. The minimum absolute atomic E-state index is 0.583. The van der Waals surface area contributed by atoms with Crippen molar-refractivity contribution in [2.45, 2.75) is 13.5 Å². The summed E-state index contributed by atoms with van der Waals surface area (Å²) >= 11 is 0. The van der Waals surface area contributed by atoms with Gasteiger partial charge in [0, 0.05) is 36.8 Å². The molecule has 7 nitrogen and oxygen atoms in total. The molecule has 1 aromatic carbocycles. The van der Waals surface area contributed by atoms with Crippen molar-refractivity contribution in [3.63, 3.8) is 0 Å². The predicted octanol–water partition coefficient (Wildman–Crippen LogP) is 3.20. The van der Waals surface area contributed by atoms with Gasteiger partial charge in [-0.3, -0.25) is 4.40 Å². The highest BCUT2D eigenvalue weighted by atomic mass is 16.5. The van der Waals surface area contributed by atoms with Crippen LogP contribution < -0.4 is 10.1 Å². The fourth-order valence-corrected chi connectivity index (χ4v) is 2.67. The highest BCUT2D eigenvalue weighted by molar-refractivity contribution is 5.67. The molecule has 1 N–H and O–H groups in total. The third-order valence-electron chi connectivity index (χ3n) is 3.91. The molecule has 3 aromatic heterocycles. The van der Waals surface area contributed by atoms with Gasteiger partial charge < -0.3 is 10.1 Å². The summed E-state index contributed by atoms with van der Waals surface area (Å²) in [5, 5.41) is 11.9. The molecule has 130 valence electrons. The lowest BCUT2D eigenvalue weighted by atomic mass is 10.2. The highest BCUT2D eigenvalue weighted by Gasteiger charge is 2.11. The maximum Gasteiger partial charge on any atom is 0.213 e. The van der Waals surface area contributed by atoms with Crippen LogP contribution in [0.3, 0.4) is 0 Å². The number of aromatic nitrogens is 5. The average molecular weight is 346 g/mol. The first-order chi connectivity index (χ1) is 12.8. The van der Waals surface area contributed by atoms with Crippen LogP contribution in [0, 0.1) is 0 Å². The molecule has 0 amide bonds. The van der Waals surface area contributed by atoms with Gasteiger partial charge in [-0.05, 0) is 12.5 Å². The zero-order valence-corrected chi connectivity index (χ0v) is 14.3. The van der Waals surface area contributed by atoms with Crippen LogP contribution in [0.2, 0.25) is 0 Å². The first-order valence-corrected chi connectivity index (χ1v) is 8.42. The molecule has 0 saturated carbocycles. The van der Waals surface area contributed by atoms with Crippen molar-refractivity contribution >= 4 is 11.5 Å². The summed E-state index contributed by atoms with van der Waals surface area (Å²) in [5.41, 5.74) is 2.72. The van der Waals surface area contributed by atoms with Gasteiger partial charge >= 0.3 is 0 Å². The first-order valence-electron chi connectivity index (χ1n) is 8.42. The monoisotopic (exact) mass is 346 g/mol. The van der Waals surface area contributed by atoms with E-state index in [0.717, 1.165) is 17.0 Å². The molecule has 0 unspecified atom stereocenters. The normalized spacial score (nSPS) is 10.8. The Morgan fingerprint density at radius 2 is 1.92 bits per heavy atom. The summed E-state index contributed by atoms with van der Waals surface area (Å²) < 4.78 is 7.29. The van der Waals surface area contributed by atoms with Crippen molar-refractivity contribution in [1.29, 1.82) is 0 Å². The van der Waals surface area contributed by atoms with E-state index in [1.165, 1.54) is 0 Å². The van der Waals surface area contributed by atoms with Crippen molar-refractivity contribution in [2.24, 2.45) is 0 Å². The number of rotatable bonds is 6. The number of hydrogen-bond acceptors (Lipinski definition) is 6. The highest BCUT2D eigenvalue weighted by Crippen LogP contribution is 2.21. The molecule has 4 rings (SSSR count). The van der Waals surface area contributed by atoms with Crippen LogP contribution in [0.25, 0.3) is 17.0 Å². The Bertz CT molecular complexity index is 998. The number of pyridine rings is 1. The second-order valence-electron chi connectivity index (χ2n) is 5.65.